The summed E-state index contributed by atoms with van der Waals surface area (Å²) in [6, 6.07) is 11.5. The van der Waals surface area contributed by atoms with Crippen molar-refractivity contribution in [3.05, 3.63) is 58.1 Å². The topological polar surface area (TPSA) is 90.7 Å². The van der Waals surface area contributed by atoms with Gasteiger partial charge >= 0.3 is 5.69 Å². The molecular weight excluding hydrogens is 300 g/mol. The quantitative estimate of drug-likeness (QED) is 0.653. The van der Waals surface area contributed by atoms with Crippen LogP contribution in [0.2, 0.25) is 0 Å². The lowest BCUT2D eigenvalue weighted by Gasteiger charge is -2.09. The molecule has 7 nitrogen and oxygen atoms in total. The number of nitrogens with one attached hydrogen (secondary N) is 1. The van der Waals surface area contributed by atoms with Crippen molar-refractivity contribution in [2.45, 2.75) is 6.92 Å². The molecule has 2 aromatic rings. The van der Waals surface area contributed by atoms with E-state index in [9.17, 15) is 14.9 Å². The van der Waals surface area contributed by atoms with E-state index in [1.165, 1.54) is 25.3 Å². The van der Waals surface area contributed by atoms with Crippen LogP contribution >= 0.6 is 0 Å². The van der Waals surface area contributed by atoms with Crippen LogP contribution in [0.1, 0.15) is 5.56 Å². The van der Waals surface area contributed by atoms with Crippen molar-refractivity contribution in [1.29, 1.82) is 0 Å². The van der Waals surface area contributed by atoms with Crippen molar-refractivity contribution in [1.82, 2.24) is 0 Å². The second-order valence-corrected chi connectivity index (χ2v) is 4.80. The Balaban J connectivity index is 2.02. The number of hydrogen-bond donors (Lipinski definition) is 1. The Morgan fingerprint density at radius 2 is 2.04 bits per heavy atom. The van der Waals surface area contributed by atoms with Gasteiger partial charge in [0, 0.05) is 5.69 Å². The summed E-state index contributed by atoms with van der Waals surface area (Å²) in [5.41, 5.74) is 1.39. The average Bonchev–Trinajstić information content (AvgIpc) is 2.52. The van der Waals surface area contributed by atoms with E-state index in [2.05, 4.69) is 5.32 Å². The molecule has 7 heteroatoms. The van der Waals surface area contributed by atoms with E-state index in [4.69, 9.17) is 9.47 Å². The third kappa shape index (κ3) is 4.44. The number of methoxy groups -OCH3 is 1. The van der Waals surface area contributed by atoms with Crippen LogP contribution in [0.15, 0.2) is 42.5 Å². The van der Waals surface area contributed by atoms with Crippen molar-refractivity contribution >= 4 is 17.3 Å². The maximum absolute atomic E-state index is 11.9. The normalized spacial score (nSPS) is 10.0. The van der Waals surface area contributed by atoms with E-state index in [1.54, 1.807) is 6.07 Å². The zero-order chi connectivity index (χ0) is 16.8. The van der Waals surface area contributed by atoms with E-state index >= 15 is 0 Å². The number of ether oxygens (including phenoxy) is 2. The summed E-state index contributed by atoms with van der Waals surface area (Å²) in [6.07, 6.45) is 0. The van der Waals surface area contributed by atoms with Crippen molar-refractivity contribution in [3.63, 3.8) is 0 Å². The Labute approximate surface area is 133 Å². The molecule has 120 valence electrons. The van der Waals surface area contributed by atoms with Gasteiger partial charge in [-0.15, -0.1) is 0 Å². The number of aryl methyl sites for hydroxylation is 1. The molecule has 0 unspecified atom stereocenters. The molecule has 0 aliphatic rings. The Hall–Kier alpha value is -3.09. The van der Waals surface area contributed by atoms with Gasteiger partial charge in [0.15, 0.2) is 12.4 Å². The van der Waals surface area contributed by atoms with E-state index in [0.29, 0.717) is 11.4 Å². The first-order valence-corrected chi connectivity index (χ1v) is 6.81. The number of nitro groups is 1. The predicted octanol–water partition coefficient (Wildman–Crippen LogP) is 2.93. The minimum Gasteiger partial charge on any atom is -0.496 e. The van der Waals surface area contributed by atoms with Crippen LogP contribution in [0, 0.1) is 17.0 Å². The third-order valence-electron chi connectivity index (χ3n) is 3.02. The summed E-state index contributed by atoms with van der Waals surface area (Å²) >= 11 is 0. The molecule has 1 N–H and O–H groups in total. The van der Waals surface area contributed by atoms with E-state index in [1.807, 2.05) is 25.1 Å². The lowest BCUT2D eigenvalue weighted by atomic mass is 10.2. The fourth-order valence-corrected chi connectivity index (χ4v) is 1.95. The minimum absolute atomic E-state index is 0.00944. The van der Waals surface area contributed by atoms with Gasteiger partial charge in [0.05, 0.1) is 18.1 Å². The number of nitro benzene ring substituents is 1. The number of carbonyl (C=O) groups is 1. The van der Waals surface area contributed by atoms with Gasteiger partial charge in [-0.25, -0.2) is 0 Å². The summed E-state index contributed by atoms with van der Waals surface area (Å²) in [6.45, 7) is 1.58. The molecule has 1 amide bonds. The number of anilines is 1. The minimum atomic E-state index is -0.587. The number of amides is 1. The van der Waals surface area contributed by atoms with Gasteiger partial charge in [0.1, 0.15) is 5.75 Å². The number of nitrogens with zero attached hydrogens (tertiary/aromatic N) is 1. The molecule has 2 aromatic carbocycles. The van der Waals surface area contributed by atoms with E-state index < -0.39 is 10.8 Å². The highest BCUT2D eigenvalue weighted by Crippen LogP contribution is 2.30. The molecular formula is C16H16N2O5. The van der Waals surface area contributed by atoms with Crippen LogP contribution in [0.5, 0.6) is 11.5 Å². The summed E-state index contributed by atoms with van der Waals surface area (Å²) in [7, 11) is 1.41. The molecule has 0 radical (unpaired) electrons. The standard InChI is InChI=1S/C16H16N2O5/c1-11-4-3-5-12(8-11)17-16(19)10-23-15-7-6-13(22-2)9-14(15)18(20)21/h3-9H,10H2,1-2H3,(H,17,19). The van der Waals surface area contributed by atoms with Crippen LogP contribution in [0.4, 0.5) is 11.4 Å². The molecule has 0 saturated heterocycles. The van der Waals surface area contributed by atoms with E-state index in [-0.39, 0.29) is 18.0 Å². The molecule has 0 bridgehead atoms. The smallest absolute Gasteiger partial charge is 0.314 e. The molecule has 0 spiro atoms. The second kappa shape index (κ2) is 7.26. The number of hydrogen-bond acceptors (Lipinski definition) is 5. The first kappa shape index (κ1) is 16.3. The largest absolute Gasteiger partial charge is 0.496 e. The van der Waals surface area contributed by atoms with Crippen molar-refractivity contribution < 1.29 is 19.2 Å². The van der Waals surface area contributed by atoms with Crippen LogP contribution in [-0.2, 0) is 4.79 Å². The van der Waals surface area contributed by atoms with Gasteiger partial charge in [-0.2, -0.15) is 0 Å². The molecule has 0 atom stereocenters. The van der Waals surface area contributed by atoms with E-state index in [0.717, 1.165) is 5.56 Å². The molecule has 0 aliphatic carbocycles. The molecule has 23 heavy (non-hydrogen) atoms. The lowest BCUT2D eigenvalue weighted by molar-refractivity contribution is -0.385. The van der Waals surface area contributed by atoms with Crippen molar-refractivity contribution in [3.8, 4) is 11.5 Å². The zero-order valence-corrected chi connectivity index (χ0v) is 12.7. The highest BCUT2D eigenvalue weighted by molar-refractivity contribution is 5.92. The molecule has 0 aliphatic heterocycles. The first-order valence-electron chi connectivity index (χ1n) is 6.81. The maximum atomic E-state index is 11.9. The van der Waals surface area contributed by atoms with Crippen molar-refractivity contribution in [2.75, 3.05) is 19.0 Å². The highest BCUT2D eigenvalue weighted by atomic mass is 16.6. The van der Waals surface area contributed by atoms with Crippen LogP contribution in [0.3, 0.4) is 0 Å². The summed E-state index contributed by atoms with van der Waals surface area (Å²) < 4.78 is 10.2. The monoisotopic (exact) mass is 316 g/mol. The summed E-state index contributed by atoms with van der Waals surface area (Å²) in [4.78, 5) is 22.3. The SMILES string of the molecule is COc1ccc(OCC(=O)Nc2cccc(C)c2)c([N+](=O)[O-])c1. The fraction of sp³-hybridized carbons (Fsp3) is 0.188. The Kier molecular flexibility index (Phi) is 5.14. The average molecular weight is 316 g/mol. The zero-order valence-electron chi connectivity index (χ0n) is 12.7. The second-order valence-electron chi connectivity index (χ2n) is 4.80. The van der Waals surface area contributed by atoms with Crippen molar-refractivity contribution in [2.24, 2.45) is 0 Å². The Morgan fingerprint density at radius 1 is 1.26 bits per heavy atom. The molecule has 2 rings (SSSR count). The predicted molar refractivity (Wildman–Crippen MR) is 85.0 cm³/mol. The third-order valence-corrected chi connectivity index (χ3v) is 3.02. The molecule has 0 aromatic heterocycles. The number of benzene rings is 2. The summed E-state index contributed by atoms with van der Waals surface area (Å²) in [5, 5.41) is 13.7. The summed E-state index contributed by atoms with van der Waals surface area (Å²) in [5.74, 6) is -0.0517. The lowest BCUT2D eigenvalue weighted by Crippen LogP contribution is -2.20. The van der Waals surface area contributed by atoms with Crippen LogP contribution in [0.25, 0.3) is 0 Å². The van der Waals surface area contributed by atoms with Gasteiger partial charge in [0.25, 0.3) is 5.91 Å². The molecule has 0 saturated carbocycles. The van der Waals surface area contributed by atoms with Gasteiger partial charge in [-0.3, -0.25) is 14.9 Å². The Bertz CT molecular complexity index is 730. The van der Waals surface area contributed by atoms with Crippen LogP contribution in [-0.4, -0.2) is 24.5 Å². The maximum Gasteiger partial charge on any atom is 0.314 e. The highest BCUT2D eigenvalue weighted by Gasteiger charge is 2.17. The molecule has 0 fully saturated rings. The van der Waals surface area contributed by atoms with Gasteiger partial charge in [0.2, 0.25) is 0 Å². The van der Waals surface area contributed by atoms with Gasteiger partial charge < -0.3 is 14.8 Å². The first-order chi connectivity index (χ1) is 11.0. The number of carbonyl (C=O) groups excluding carboxylic acids is 1. The fourth-order valence-electron chi connectivity index (χ4n) is 1.95. The molecule has 0 heterocycles. The Morgan fingerprint density at radius 3 is 2.70 bits per heavy atom. The van der Waals surface area contributed by atoms with Crippen LogP contribution < -0.4 is 14.8 Å². The number of rotatable bonds is 6. The van der Waals surface area contributed by atoms with Gasteiger partial charge in [-0.05, 0) is 36.8 Å². The van der Waals surface area contributed by atoms with Gasteiger partial charge in [-0.1, -0.05) is 12.1 Å².